The van der Waals surface area contributed by atoms with Crippen LogP contribution in [0.25, 0.3) is 0 Å². The molecule has 0 aromatic heterocycles. The summed E-state index contributed by atoms with van der Waals surface area (Å²) < 4.78 is 64.3. The number of alkyl halides is 3. The first kappa shape index (κ1) is 20.2. The first-order chi connectivity index (χ1) is 12.1. The van der Waals surface area contributed by atoms with Crippen molar-refractivity contribution in [3.8, 4) is 6.07 Å². The molecule has 0 saturated carbocycles. The van der Waals surface area contributed by atoms with Crippen LogP contribution in [0.2, 0.25) is 0 Å². The third kappa shape index (κ3) is 4.32. The van der Waals surface area contributed by atoms with Gasteiger partial charge in [0.2, 0.25) is 15.9 Å². The Morgan fingerprint density at radius 2 is 1.96 bits per heavy atom. The van der Waals surface area contributed by atoms with Crippen molar-refractivity contribution in [2.75, 3.05) is 39.8 Å². The number of carbonyl (C=O) groups excluding carboxylic acids is 1. The van der Waals surface area contributed by atoms with Crippen LogP contribution >= 0.6 is 0 Å². The topological polar surface area (TPSA) is 93.5 Å². The lowest BCUT2D eigenvalue weighted by Crippen LogP contribution is -2.49. The average Bonchev–Trinajstić information content (AvgIpc) is 2.60. The molecule has 0 spiro atoms. The monoisotopic (exact) mass is 390 g/mol. The van der Waals surface area contributed by atoms with Gasteiger partial charge in [0.05, 0.1) is 28.6 Å². The van der Waals surface area contributed by atoms with Gasteiger partial charge in [0.1, 0.15) is 0 Å². The fourth-order valence-electron chi connectivity index (χ4n) is 2.49. The van der Waals surface area contributed by atoms with Gasteiger partial charge >= 0.3 is 6.18 Å². The van der Waals surface area contributed by atoms with E-state index in [1.807, 2.05) is 0 Å². The minimum Gasteiger partial charge on any atom is -0.339 e. The molecule has 7 nitrogen and oxygen atoms in total. The fraction of sp³-hybridized carbons (Fsp3) is 0.467. The number of likely N-dealkylation sites (N-methyl/N-ethyl adjacent to an activating group) is 1. The summed E-state index contributed by atoms with van der Waals surface area (Å²) >= 11 is 0. The highest BCUT2D eigenvalue weighted by Crippen LogP contribution is 2.33. The van der Waals surface area contributed by atoms with Gasteiger partial charge in [-0.2, -0.15) is 22.7 Å². The second-order valence-corrected chi connectivity index (χ2v) is 7.75. The Kier molecular flexibility index (Phi) is 5.90. The van der Waals surface area contributed by atoms with E-state index in [-0.39, 0.29) is 0 Å². The van der Waals surface area contributed by atoms with Gasteiger partial charge in [-0.1, -0.05) is 0 Å². The lowest BCUT2D eigenvalue weighted by atomic mass is 10.1. The standard InChI is InChI=1S/C15H17F3N4O3S/c1-21(10-14(23)22-6-4-20-5-7-22)26(24,25)12-2-3-13(15(16,17)18)11(8-12)9-19/h2-3,8,20H,4-7,10H2,1H3. The van der Waals surface area contributed by atoms with Gasteiger partial charge in [-0.05, 0) is 18.2 Å². The van der Waals surface area contributed by atoms with Crippen LogP contribution in [-0.4, -0.2) is 63.3 Å². The maximum Gasteiger partial charge on any atom is 0.417 e. The Labute approximate surface area is 149 Å². The molecule has 0 unspecified atom stereocenters. The zero-order valence-corrected chi connectivity index (χ0v) is 14.7. The van der Waals surface area contributed by atoms with Gasteiger partial charge in [0, 0.05) is 33.2 Å². The number of nitrogens with zero attached hydrogens (tertiary/aromatic N) is 3. The van der Waals surface area contributed by atoms with Crippen LogP contribution in [-0.2, 0) is 21.0 Å². The number of benzene rings is 1. The van der Waals surface area contributed by atoms with Gasteiger partial charge in [0.15, 0.2) is 0 Å². The lowest BCUT2D eigenvalue weighted by molar-refractivity contribution is -0.137. The second kappa shape index (κ2) is 7.61. The lowest BCUT2D eigenvalue weighted by Gasteiger charge is -2.29. The molecule has 11 heteroatoms. The van der Waals surface area contributed by atoms with E-state index in [1.54, 1.807) is 0 Å². The van der Waals surface area contributed by atoms with Gasteiger partial charge < -0.3 is 10.2 Å². The summed E-state index contributed by atoms with van der Waals surface area (Å²) in [4.78, 5) is 13.2. The molecule has 1 N–H and O–H groups in total. The van der Waals surface area contributed by atoms with Crippen LogP contribution in [0.1, 0.15) is 11.1 Å². The van der Waals surface area contributed by atoms with Crippen LogP contribution in [0, 0.1) is 11.3 Å². The Balaban J connectivity index is 2.23. The van der Waals surface area contributed by atoms with Crippen molar-refractivity contribution >= 4 is 15.9 Å². The molecule has 0 aliphatic carbocycles. The Bertz CT molecular complexity index is 828. The number of carbonyl (C=O) groups is 1. The SMILES string of the molecule is CN(CC(=O)N1CCNCC1)S(=O)(=O)c1ccc(C(F)(F)F)c(C#N)c1. The van der Waals surface area contributed by atoms with E-state index in [2.05, 4.69) is 5.32 Å². The van der Waals surface area contributed by atoms with E-state index in [4.69, 9.17) is 5.26 Å². The fourth-order valence-corrected chi connectivity index (χ4v) is 3.64. The highest BCUT2D eigenvalue weighted by atomic mass is 32.2. The first-order valence-electron chi connectivity index (χ1n) is 7.63. The molecule has 26 heavy (non-hydrogen) atoms. The molecule has 1 aliphatic rings. The minimum atomic E-state index is -4.77. The minimum absolute atomic E-state index is 0.398. The third-order valence-electron chi connectivity index (χ3n) is 3.95. The van der Waals surface area contributed by atoms with Crippen molar-refractivity contribution in [3.05, 3.63) is 29.3 Å². The molecule has 1 saturated heterocycles. The third-order valence-corrected chi connectivity index (χ3v) is 5.75. The zero-order chi connectivity index (χ0) is 19.5. The second-order valence-electron chi connectivity index (χ2n) is 5.71. The molecule has 1 heterocycles. The summed E-state index contributed by atoms with van der Waals surface area (Å²) in [6, 6.07) is 3.37. The van der Waals surface area contributed by atoms with Gasteiger partial charge in [-0.3, -0.25) is 4.79 Å². The summed E-state index contributed by atoms with van der Waals surface area (Å²) in [6.45, 7) is 1.67. The first-order valence-corrected chi connectivity index (χ1v) is 9.07. The molecule has 0 bridgehead atoms. The molecule has 1 aromatic rings. The highest BCUT2D eigenvalue weighted by molar-refractivity contribution is 7.89. The van der Waals surface area contributed by atoms with E-state index >= 15 is 0 Å². The van der Waals surface area contributed by atoms with Crippen molar-refractivity contribution < 1.29 is 26.4 Å². The number of rotatable bonds is 4. The van der Waals surface area contributed by atoms with Crippen molar-refractivity contribution in [3.63, 3.8) is 0 Å². The van der Waals surface area contributed by atoms with E-state index in [0.717, 1.165) is 10.4 Å². The quantitative estimate of drug-likeness (QED) is 0.814. The maximum atomic E-state index is 12.8. The summed E-state index contributed by atoms with van der Waals surface area (Å²) in [5.41, 5.74) is -2.00. The number of amides is 1. The van der Waals surface area contributed by atoms with Gasteiger partial charge in [0.25, 0.3) is 0 Å². The van der Waals surface area contributed by atoms with E-state index < -0.39 is 44.7 Å². The zero-order valence-electron chi connectivity index (χ0n) is 13.9. The summed E-state index contributed by atoms with van der Waals surface area (Å²) in [7, 11) is -3.05. The molecule has 0 atom stereocenters. The highest BCUT2D eigenvalue weighted by Gasteiger charge is 2.35. The molecule has 0 radical (unpaired) electrons. The number of nitriles is 1. The molecule has 1 aromatic carbocycles. The Morgan fingerprint density at radius 1 is 1.35 bits per heavy atom. The van der Waals surface area contributed by atoms with E-state index in [1.165, 1.54) is 18.0 Å². The summed E-state index contributed by atoms with van der Waals surface area (Å²) in [6.07, 6.45) is -4.77. The number of sulfonamides is 1. The van der Waals surface area contributed by atoms with Gasteiger partial charge in [-0.25, -0.2) is 8.42 Å². The normalized spacial score (nSPS) is 15.8. The van der Waals surface area contributed by atoms with Crippen LogP contribution < -0.4 is 5.32 Å². The van der Waals surface area contributed by atoms with Crippen LogP contribution in [0.3, 0.4) is 0 Å². The molecule has 2 rings (SSSR count). The van der Waals surface area contributed by atoms with Crippen molar-refractivity contribution in [1.82, 2.24) is 14.5 Å². The molecule has 1 aliphatic heterocycles. The number of hydrogen-bond acceptors (Lipinski definition) is 5. The molecule has 142 valence electrons. The van der Waals surface area contributed by atoms with Crippen LogP contribution in [0.5, 0.6) is 0 Å². The number of nitrogens with one attached hydrogen (secondary N) is 1. The Hall–Kier alpha value is -2.16. The molecule has 1 amide bonds. The largest absolute Gasteiger partial charge is 0.417 e. The van der Waals surface area contributed by atoms with E-state index in [0.29, 0.717) is 38.3 Å². The van der Waals surface area contributed by atoms with Crippen molar-refractivity contribution in [1.29, 1.82) is 5.26 Å². The smallest absolute Gasteiger partial charge is 0.339 e. The van der Waals surface area contributed by atoms with Crippen LogP contribution in [0.4, 0.5) is 13.2 Å². The predicted octanol–water partition coefficient (Wildman–Crippen LogP) is 0.629. The Morgan fingerprint density at radius 3 is 2.50 bits per heavy atom. The number of hydrogen-bond donors (Lipinski definition) is 1. The van der Waals surface area contributed by atoms with Crippen LogP contribution in [0.15, 0.2) is 23.1 Å². The van der Waals surface area contributed by atoms with Crippen molar-refractivity contribution in [2.24, 2.45) is 0 Å². The summed E-state index contributed by atoms with van der Waals surface area (Å²) in [5, 5.41) is 12.0. The molecular formula is C15H17F3N4O3S. The number of piperazine rings is 1. The average molecular weight is 390 g/mol. The maximum absolute atomic E-state index is 12.8. The molecular weight excluding hydrogens is 373 g/mol. The summed E-state index contributed by atoms with van der Waals surface area (Å²) in [5.74, 6) is -0.398. The van der Waals surface area contributed by atoms with Gasteiger partial charge in [-0.15, -0.1) is 0 Å². The predicted molar refractivity (Wildman–Crippen MR) is 85.4 cm³/mol. The number of halogens is 3. The molecule has 1 fully saturated rings. The van der Waals surface area contributed by atoms with E-state index in [9.17, 15) is 26.4 Å². The van der Waals surface area contributed by atoms with Crippen molar-refractivity contribution in [2.45, 2.75) is 11.1 Å².